The SMILES string of the molecule is CC(CO)[C@H]1C2COC1[C@@H](O)[C@]1(C)C2CC[C@H]1COC1OC(CO)C(O)C(O)C1O.O. The number of hydrogen-bond donors (Lipinski definition) is 6. The Labute approximate surface area is 182 Å². The fraction of sp³-hybridized carbons (Fsp3) is 1.00. The number of ether oxygens (including phenoxy) is 3. The summed E-state index contributed by atoms with van der Waals surface area (Å²) in [5.41, 5.74) is -0.425. The van der Waals surface area contributed by atoms with E-state index in [4.69, 9.17) is 14.2 Å². The predicted octanol–water partition coefficient (Wildman–Crippen LogP) is -2.36. The Morgan fingerprint density at radius 1 is 1.06 bits per heavy atom. The predicted molar refractivity (Wildman–Crippen MR) is 107 cm³/mol. The molecule has 0 aromatic carbocycles. The van der Waals surface area contributed by atoms with Gasteiger partial charge in [-0.05, 0) is 42.4 Å². The summed E-state index contributed by atoms with van der Waals surface area (Å²) in [5, 5.41) is 60.5. The average Bonchev–Trinajstić information content (AvgIpc) is 3.29. The molecule has 0 aromatic heterocycles. The minimum absolute atomic E-state index is 0. The van der Waals surface area contributed by atoms with Crippen molar-refractivity contribution in [2.75, 3.05) is 26.4 Å². The van der Waals surface area contributed by atoms with Gasteiger partial charge in [-0.3, -0.25) is 0 Å². The van der Waals surface area contributed by atoms with Crippen molar-refractivity contribution >= 4 is 0 Å². The fourth-order valence-corrected chi connectivity index (χ4v) is 6.72. The first-order valence-corrected chi connectivity index (χ1v) is 11.1. The molecule has 31 heavy (non-hydrogen) atoms. The Balaban J connectivity index is 0.00000272. The van der Waals surface area contributed by atoms with Crippen LogP contribution in [0.25, 0.3) is 0 Å². The Morgan fingerprint density at radius 2 is 1.77 bits per heavy atom. The first kappa shape index (κ1) is 25.2. The lowest BCUT2D eigenvalue weighted by atomic mass is 9.55. The second-order valence-corrected chi connectivity index (χ2v) is 9.92. The topological polar surface area (TPSA) is 181 Å². The second-order valence-electron chi connectivity index (χ2n) is 9.92. The monoisotopic (exact) mass is 450 g/mol. The molecule has 0 amide bonds. The van der Waals surface area contributed by atoms with Gasteiger partial charge in [-0.2, -0.15) is 0 Å². The van der Waals surface area contributed by atoms with E-state index in [1.807, 2.05) is 6.92 Å². The maximum absolute atomic E-state index is 11.3. The summed E-state index contributed by atoms with van der Waals surface area (Å²) in [6.45, 7) is 4.46. The van der Waals surface area contributed by atoms with E-state index >= 15 is 0 Å². The Morgan fingerprint density at radius 3 is 2.42 bits per heavy atom. The third-order valence-corrected chi connectivity index (χ3v) is 8.58. The van der Waals surface area contributed by atoms with E-state index in [2.05, 4.69) is 6.92 Å². The van der Waals surface area contributed by atoms with E-state index in [1.54, 1.807) is 0 Å². The van der Waals surface area contributed by atoms with Crippen LogP contribution in [0.15, 0.2) is 0 Å². The molecule has 2 bridgehead atoms. The Kier molecular flexibility index (Phi) is 7.70. The zero-order valence-electron chi connectivity index (χ0n) is 18.1. The molecule has 10 nitrogen and oxygen atoms in total. The number of fused-ring (bicyclic) bond motifs is 4. The minimum Gasteiger partial charge on any atom is -0.412 e. The quantitative estimate of drug-likeness (QED) is 0.258. The molecule has 182 valence electrons. The van der Waals surface area contributed by atoms with Crippen molar-refractivity contribution in [2.45, 2.75) is 69.6 Å². The van der Waals surface area contributed by atoms with Crippen molar-refractivity contribution in [3.63, 3.8) is 0 Å². The van der Waals surface area contributed by atoms with Crippen LogP contribution in [0.4, 0.5) is 0 Å². The van der Waals surface area contributed by atoms with Gasteiger partial charge in [0.25, 0.3) is 0 Å². The summed E-state index contributed by atoms with van der Waals surface area (Å²) in [6.07, 6.45) is -5.74. The summed E-state index contributed by atoms with van der Waals surface area (Å²) >= 11 is 0. The van der Waals surface area contributed by atoms with Gasteiger partial charge >= 0.3 is 0 Å². The largest absolute Gasteiger partial charge is 0.412 e. The molecule has 2 saturated heterocycles. The van der Waals surface area contributed by atoms with Gasteiger partial charge in [-0.1, -0.05) is 13.8 Å². The van der Waals surface area contributed by atoms with Gasteiger partial charge in [-0.15, -0.1) is 0 Å². The van der Waals surface area contributed by atoms with Crippen LogP contribution < -0.4 is 0 Å². The van der Waals surface area contributed by atoms with Crippen molar-refractivity contribution in [3.8, 4) is 0 Å². The highest BCUT2D eigenvalue weighted by molar-refractivity contribution is 5.13. The van der Waals surface area contributed by atoms with Gasteiger partial charge in [0, 0.05) is 12.0 Å². The molecule has 4 rings (SSSR count). The molecule has 2 aliphatic heterocycles. The van der Waals surface area contributed by atoms with E-state index < -0.39 is 48.8 Å². The highest BCUT2D eigenvalue weighted by Crippen LogP contribution is 2.62. The zero-order valence-corrected chi connectivity index (χ0v) is 18.1. The van der Waals surface area contributed by atoms with Gasteiger partial charge < -0.3 is 50.3 Å². The van der Waals surface area contributed by atoms with Gasteiger partial charge in [0.05, 0.1) is 32.0 Å². The van der Waals surface area contributed by atoms with E-state index in [0.717, 1.165) is 12.8 Å². The summed E-state index contributed by atoms with van der Waals surface area (Å²) in [6, 6.07) is 0. The average molecular weight is 451 g/mol. The van der Waals surface area contributed by atoms with E-state index in [9.17, 15) is 30.6 Å². The van der Waals surface area contributed by atoms with Crippen LogP contribution in [0.3, 0.4) is 0 Å². The molecule has 0 spiro atoms. The molecule has 4 aliphatic rings. The van der Waals surface area contributed by atoms with E-state index in [-0.39, 0.29) is 54.4 Å². The first-order chi connectivity index (χ1) is 14.2. The molecule has 2 saturated carbocycles. The van der Waals surface area contributed by atoms with Crippen molar-refractivity contribution in [3.05, 3.63) is 0 Å². The van der Waals surface area contributed by atoms with Gasteiger partial charge in [0.2, 0.25) is 0 Å². The van der Waals surface area contributed by atoms with Gasteiger partial charge in [0.1, 0.15) is 24.4 Å². The van der Waals surface area contributed by atoms with Crippen LogP contribution in [-0.4, -0.2) is 105 Å². The van der Waals surface area contributed by atoms with Crippen molar-refractivity contribution < 1.29 is 50.3 Å². The van der Waals surface area contributed by atoms with Crippen molar-refractivity contribution in [1.82, 2.24) is 0 Å². The smallest absolute Gasteiger partial charge is 0.186 e. The molecule has 4 fully saturated rings. The highest BCUT2D eigenvalue weighted by atomic mass is 16.7. The first-order valence-electron chi connectivity index (χ1n) is 11.1. The molecule has 0 radical (unpaired) electrons. The maximum atomic E-state index is 11.3. The van der Waals surface area contributed by atoms with E-state index in [1.165, 1.54) is 0 Å². The molecular formula is C21H38O10. The van der Waals surface area contributed by atoms with Crippen LogP contribution >= 0.6 is 0 Å². The van der Waals surface area contributed by atoms with Gasteiger partial charge in [-0.25, -0.2) is 0 Å². The Hall–Kier alpha value is -0.400. The minimum atomic E-state index is -1.47. The zero-order chi connectivity index (χ0) is 21.8. The number of rotatable bonds is 6. The van der Waals surface area contributed by atoms with Crippen LogP contribution in [0.2, 0.25) is 0 Å². The summed E-state index contributed by atoms with van der Waals surface area (Å²) in [7, 11) is 0. The van der Waals surface area contributed by atoms with Crippen molar-refractivity contribution in [1.29, 1.82) is 0 Å². The lowest BCUT2D eigenvalue weighted by molar-refractivity contribution is -0.305. The normalized spacial score (nSPS) is 52.5. The van der Waals surface area contributed by atoms with E-state index in [0.29, 0.717) is 6.61 Å². The Bertz CT molecular complexity index is 605. The maximum Gasteiger partial charge on any atom is 0.186 e. The summed E-state index contributed by atoms with van der Waals surface area (Å²) < 4.78 is 17.3. The molecule has 9 unspecified atom stereocenters. The molecule has 10 heteroatoms. The number of hydrogen-bond acceptors (Lipinski definition) is 9. The number of aliphatic hydroxyl groups excluding tert-OH is 6. The highest BCUT2D eigenvalue weighted by Gasteiger charge is 2.65. The molecular weight excluding hydrogens is 412 g/mol. The van der Waals surface area contributed by atoms with Crippen LogP contribution in [0.5, 0.6) is 0 Å². The molecule has 2 heterocycles. The van der Waals surface area contributed by atoms with Crippen LogP contribution in [0, 0.1) is 35.0 Å². The molecule has 0 aromatic rings. The summed E-state index contributed by atoms with van der Waals surface area (Å²) in [5.74, 6) is 0.720. The molecule has 8 N–H and O–H groups in total. The van der Waals surface area contributed by atoms with Crippen LogP contribution in [-0.2, 0) is 14.2 Å². The standard InChI is InChI=1S/C21H36O9.H2O/c1-9(5-22)14-11-8-28-18(14)19(27)21(2)10(3-4-12(11)21)7-29-20-17(26)16(25)15(24)13(6-23)30-20;/h9-20,22-27H,3-8H2,1-2H3;1H2/t9?,10-,11?,12?,13?,14-,15?,16?,17?,18?,19+,20?,21-;/m0./s1. The molecule has 13 atom stereocenters. The fourth-order valence-electron chi connectivity index (χ4n) is 6.72. The third-order valence-electron chi connectivity index (χ3n) is 8.58. The lowest BCUT2D eigenvalue weighted by Crippen LogP contribution is -2.60. The van der Waals surface area contributed by atoms with Crippen LogP contribution in [0.1, 0.15) is 26.7 Å². The summed E-state index contributed by atoms with van der Waals surface area (Å²) in [4.78, 5) is 0. The lowest BCUT2D eigenvalue weighted by Gasteiger charge is -2.51. The second kappa shape index (κ2) is 9.46. The van der Waals surface area contributed by atoms with Gasteiger partial charge in [0.15, 0.2) is 6.29 Å². The van der Waals surface area contributed by atoms with Crippen molar-refractivity contribution in [2.24, 2.45) is 35.0 Å². The molecule has 2 aliphatic carbocycles. The number of aliphatic hydroxyl groups is 6. The third kappa shape index (κ3) is 3.84.